The average molecular weight is 306 g/mol. The van der Waals surface area contributed by atoms with Gasteiger partial charge in [-0.1, -0.05) is 22.0 Å². The lowest BCUT2D eigenvalue weighted by Crippen LogP contribution is -1.94. The molecule has 0 atom stereocenters. The van der Waals surface area contributed by atoms with Gasteiger partial charge in [-0.15, -0.1) is 0 Å². The highest BCUT2D eigenvalue weighted by Gasteiger charge is 2.14. The van der Waals surface area contributed by atoms with Gasteiger partial charge in [0.05, 0.1) is 0 Å². The smallest absolute Gasteiger partial charge is 0.139 e. The monoisotopic (exact) mass is 305 g/mol. The van der Waals surface area contributed by atoms with E-state index in [1.165, 1.54) is 12.1 Å². The predicted octanol–water partition coefficient (Wildman–Crippen LogP) is 3.49. The molecule has 2 heterocycles. The Morgan fingerprint density at radius 3 is 2.83 bits per heavy atom. The quantitative estimate of drug-likeness (QED) is 0.748. The Labute approximate surface area is 111 Å². The number of aromatic nitrogens is 2. The van der Waals surface area contributed by atoms with Gasteiger partial charge in [0.25, 0.3) is 0 Å². The molecule has 3 nitrogen and oxygen atoms in total. The van der Waals surface area contributed by atoms with Crippen molar-refractivity contribution in [1.82, 2.24) is 9.38 Å². The number of nitrogen functional groups attached to an aromatic ring is 1. The lowest BCUT2D eigenvalue weighted by atomic mass is 10.1. The fourth-order valence-electron chi connectivity index (χ4n) is 1.89. The number of pyridine rings is 1. The molecule has 18 heavy (non-hydrogen) atoms. The summed E-state index contributed by atoms with van der Waals surface area (Å²) >= 11 is 3.39. The molecule has 0 bridgehead atoms. The van der Waals surface area contributed by atoms with E-state index >= 15 is 0 Å². The van der Waals surface area contributed by atoms with Crippen LogP contribution in [0.25, 0.3) is 16.9 Å². The molecular weight excluding hydrogens is 297 g/mol. The highest BCUT2D eigenvalue weighted by atomic mass is 79.9. The number of anilines is 1. The Bertz CT molecular complexity index is 736. The first-order valence-electron chi connectivity index (χ1n) is 5.35. The van der Waals surface area contributed by atoms with Gasteiger partial charge in [0.1, 0.15) is 23.0 Å². The molecule has 2 N–H and O–H groups in total. The number of hydrogen-bond acceptors (Lipinski definition) is 2. The maximum atomic E-state index is 13.3. The molecule has 5 heteroatoms. The summed E-state index contributed by atoms with van der Waals surface area (Å²) < 4.78 is 15.9. The van der Waals surface area contributed by atoms with E-state index in [4.69, 9.17) is 5.73 Å². The molecule has 0 unspecified atom stereocenters. The minimum absolute atomic E-state index is 0.315. The van der Waals surface area contributed by atoms with Crippen LogP contribution in [0.2, 0.25) is 0 Å². The zero-order chi connectivity index (χ0) is 12.7. The lowest BCUT2D eigenvalue weighted by Gasteiger charge is -2.02. The Balaban J connectivity index is 2.31. The molecule has 2 aromatic heterocycles. The number of imidazole rings is 1. The summed E-state index contributed by atoms with van der Waals surface area (Å²) in [6.45, 7) is 0. The van der Waals surface area contributed by atoms with Crippen molar-refractivity contribution in [2.75, 3.05) is 5.73 Å². The van der Waals surface area contributed by atoms with Crippen LogP contribution in [0.4, 0.5) is 10.2 Å². The lowest BCUT2D eigenvalue weighted by molar-refractivity contribution is 0.628. The molecule has 0 spiro atoms. The Hall–Kier alpha value is -1.88. The van der Waals surface area contributed by atoms with Crippen molar-refractivity contribution in [3.8, 4) is 11.3 Å². The number of nitrogens with zero attached hydrogens (tertiary/aromatic N) is 2. The molecule has 0 radical (unpaired) electrons. The first-order valence-corrected chi connectivity index (χ1v) is 6.14. The molecule has 0 aliphatic rings. The number of fused-ring (bicyclic) bond motifs is 1. The van der Waals surface area contributed by atoms with Gasteiger partial charge in [0, 0.05) is 16.2 Å². The van der Waals surface area contributed by atoms with Crippen LogP contribution in [0.15, 0.2) is 47.1 Å². The van der Waals surface area contributed by atoms with Crippen LogP contribution in [-0.4, -0.2) is 9.38 Å². The van der Waals surface area contributed by atoms with Crippen molar-refractivity contribution < 1.29 is 4.39 Å². The van der Waals surface area contributed by atoms with E-state index in [1.54, 1.807) is 10.5 Å². The zero-order valence-corrected chi connectivity index (χ0v) is 10.9. The summed E-state index contributed by atoms with van der Waals surface area (Å²) in [5.74, 6) is 0.182. The van der Waals surface area contributed by atoms with Gasteiger partial charge >= 0.3 is 0 Å². The van der Waals surface area contributed by atoms with E-state index < -0.39 is 0 Å². The summed E-state index contributed by atoms with van der Waals surface area (Å²) in [5, 5.41) is 0. The van der Waals surface area contributed by atoms with Gasteiger partial charge in [0.15, 0.2) is 0 Å². The van der Waals surface area contributed by atoms with Gasteiger partial charge in [0.2, 0.25) is 0 Å². The molecule has 3 rings (SSSR count). The van der Waals surface area contributed by atoms with Crippen molar-refractivity contribution in [3.63, 3.8) is 0 Å². The van der Waals surface area contributed by atoms with E-state index in [-0.39, 0.29) is 5.82 Å². The fourth-order valence-corrected chi connectivity index (χ4v) is 2.33. The van der Waals surface area contributed by atoms with E-state index in [2.05, 4.69) is 20.9 Å². The Kier molecular flexibility index (Phi) is 2.56. The topological polar surface area (TPSA) is 43.3 Å². The molecule has 0 aliphatic heterocycles. The third kappa shape index (κ3) is 1.67. The Morgan fingerprint density at radius 1 is 1.22 bits per heavy atom. The van der Waals surface area contributed by atoms with Crippen molar-refractivity contribution >= 4 is 27.4 Å². The molecule has 3 aromatic rings. The van der Waals surface area contributed by atoms with Crippen LogP contribution in [0.1, 0.15) is 0 Å². The van der Waals surface area contributed by atoms with Gasteiger partial charge in [-0.05, 0) is 30.3 Å². The van der Waals surface area contributed by atoms with Crippen molar-refractivity contribution in [2.45, 2.75) is 0 Å². The first-order chi connectivity index (χ1) is 8.66. The third-order valence-corrected chi connectivity index (χ3v) is 3.44. The van der Waals surface area contributed by atoms with Crippen LogP contribution in [0.5, 0.6) is 0 Å². The molecule has 0 aliphatic carbocycles. The first kappa shape index (κ1) is 11.2. The molecule has 0 amide bonds. The maximum Gasteiger partial charge on any atom is 0.139 e. The SMILES string of the molecule is Nc1c(-c2cc(F)ccc2Br)nc2ccccn12. The van der Waals surface area contributed by atoms with Crippen molar-refractivity contribution in [3.05, 3.63) is 52.9 Å². The van der Waals surface area contributed by atoms with E-state index in [0.717, 1.165) is 10.1 Å². The second-order valence-corrected chi connectivity index (χ2v) is 4.75. The number of halogens is 2. The average Bonchev–Trinajstić information content (AvgIpc) is 2.71. The van der Waals surface area contributed by atoms with Crippen molar-refractivity contribution in [1.29, 1.82) is 0 Å². The van der Waals surface area contributed by atoms with Crippen LogP contribution < -0.4 is 5.73 Å². The van der Waals surface area contributed by atoms with E-state index in [0.29, 0.717) is 17.1 Å². The normalized spacial score (nSPS) is 11.0. The molecular formula is C13H9BrFN3. The van der Waals surface area contributed by atoms with Gasteiger partial charge in [-0.2, -0.15) is 0 Å². The van der Waals surface area contributed by atoms with Gasteiger partial charge < -0.3 is 5.73 Å². The highest BCUT2D eigenvalue weighted by molar-refractivity contribution is 9.10. The molecule has 1 aromatic carbocycles. The molecule has 0 saturated carbocycles. The number of rotatable bonds is 1. The van der Waals surface area contributed by atoms with Gasteiger partial charge in [-0.25, -0.2) is 9.37 Å². The molecule has 0 fully saturated rings. The summed E-state index contributed by atoms with van der Waals surface area (Å²) in [6.07, 6.45) is 1.83. The van der Waals surface area contributed by atoms with Gasteiger partial charge in [-0.3, -0.25) is 4.40 Å². The molecule has 0 saturated heterocycles. The summed E-state index contributed by atoms with van der Waals surface area (Å²) in [7, 11) is 0. The van der Waals surface area contributed by atoms with Crippen LogP contribution in [0.3, 0.4) is 0 Å². The van der Waals surface area contributed by atoms with Crippen LogP contribution in [-0.2, 0) is 0 Å². The second kappa shape index (κ2) is 4.10. The minimum Gasteiger partial charge on any atom is -0.383 e. The van der Waals surface area contributed by atoms with Crippen LogP contribution >= 0.6 is 15.9 Å². The second-order valence-electron chi connectivity index (χ2n) is 3.90. The standard InChI is InChI=1S/C13H9BrFN3/c14-10-5-4-8(15)7-9(10)12-13(16)18-6-2-1-3-11(18)17-12/h1-7H,16H2. The third-order valence-electron chi connectivity index (χ3n) is 2.75. The maximum absolute atomic E-state index is 13.3. The fraction of sp³-hybridized carbons (Fsp3) is 0. The highest BCUT2D eigenvalue weighted by Crippen LogP contribution is 2.32. The number of nitrogens with two attached hydrogens (primary N) is 1. The largest absolute Gasteiger partial charge is 0.383 e. The predicted molar refractivity (Wildman–Crippen MR) is 72.7 cm³/mol. The minimum atomic E-state index is -0.315. The van der Waals surface area contributed by atoms with E-state index in [1.807, 2.05) is 24.4 Å². The Morgan fingerprint density at radius 2 is 2.06 bits per heavy atom. The summed E-state index contributed by atoms with van der Waals surface area (Å²) in [4.78, 5) is 4.43. The number of hydrogen-bond donors (Lipinski definition) is 1. The van der Waals surface area contributed by atoms with Crippen LogP contribution in [0, 0.1) is 5.82 Å². The van der Waals surface area contributed by atoms with E-state index in [9.17, 15) is 4.39 Å². The molecule has 90 valence electrons. The van der Waals surface area contributed by atoms with Crippen molar-refractivity contribution in [2.24, 2.45) is 0 Å². The number of benzene rings is 1. The summed E-state index contributed by atoms with van der Waals surface area (Å²) in [6, 6.07) is 10.1. The summed E-state index contributed by atoms with van der Waals surface area (Å²) in [5.41, 5.74) is 8.01. The zero-order valence-electron chi connectivity index (χ0n) is 9.27.